The van der Waals surface area contributed by atoms with Gasteiger partial charge in [0.25, 0.3) is 5.95 Å². The molecule has 1 aliphatic heterocycles. The molecule has 1 aliphatic rings. The minimum Gasteiger partial charge on any atom is -0.486 e. The van der Waals surface area contributed by atoms with Crippen LogP contribution in [-0.4, -0.2) is 36.3 Å². The van der Waals surface area contributed by atoms with Crippen LogP contribution in [0.25, 0.3) is 0 Å². The molecule has 1 fully saturated rings. The molecule has 0 aromatic carbocycles. The number of alkyl halides is 3. The average Bonchev–Trinajstić information content (AvgIpc) is 2.26. The Morgan fingerprint density at radius 1 is 1.42 bits per heavy atom. The van der Waals surface area contributed by atoms with E-state index in [-0.39, 0.29) is 11.9 Å². The number of hydrogen-bond donors (Lipinski definition) is 1. The van der Waals surface area contributed by atoms with Gasteiger partial charge in [-0.3, -0.25) is 0 Å². The van der Waals surface area contributed by atoms with E-state index in [0.29, 0.717) is 13.1 Å². The first-order valence-corrected chi connectivity index (χ1v) is 5.18. The summed E-state index contributed by atoms with van der Waals surface area (Å²) in [6, 6.07) is 0.851. The number of hydrogen-bond acceptors (Lipinski definition) is 5. The molecule has 1 aromatic heterocycles. The first-order chi connectivity index (χ1) is 8.86. The number of aromatic nitrogens is 1. The quantitative estimate of drug-likeness (QED) is 0.509. The van der Waals surface area contributed by atoms with Gasteiger partial charge in [-0.1, -0.05) is 0 Å². The molecule has 0 aliphatic carbocycles. The molecule has 104 valence electrons. The van der Waals surface area contributed by atoms with Gasteiger partial charge in [-0.25, -0.2) is 9.78 Å². The summed E-state index contributed by atoms with van der Waals surface area (Å²) in [5.74, 6) is -4.74. The monoisotopic (exact) mass is 280 g/mol. The topological polar surface area (TPSA) is 60.5 Å². The molecule has 9 heteroatoms. The summed E-state index contributed by atoms with van der Waals surface area (Å²) in [6.45, 7) is 1.13. The smallest absolute Gasteiger partial charge is 0.486 e. The van der Waals surface area contributed by atoms with E-state index in [1.807, 2.05) is 0 Å². The molecule has 2 heterocycles. The van der Waals surface area contributed by atoms with Gasteiger partial charge in [0.2, 0.25) is 0 Å². The third-order valence-corrected chi connectivity index (χ3v) is 2.26. The van der Waals surface area contributed by atoms with E-state index in [1.165, 1.54) is 0 Å². The lowest BCUT2D eigenvalue weighted by atomic mass is 10.2. The molecule has 1 N–H and O–H groups in total. The van der Waals surface area contributed by atoms with Crippen LogP contribution in [0.5, 0.6) is 11.5 Å². The summed E-state index contributed by atoms with van der Waals surface area (Å²) < 4.78 is 58.2. The van der Waals surface area contributed by atoms with Crippen LogP contribution in [0.2, 0.25) is 0 Å². The van der Waals surface area contributed by atoms with Crippen molar-refractivity contribution in [1.82, 2.24) is 10.3 Å². The number of pyridine rings is 1. The van der Waals surface area contributed by atoms with Gasteiger partial charge in [-0.2, -0.15) is 17.6 Å². The van der Waals surface area contributed by atoms with Gasteiger partial charge >= 0.3 is 12.1 Å². The largest absolute Gasteiger partial charge is 0.491 e. The van der Waals surface area contributed by atoms with Crippen LogP contribution in [0, 0.1) is 5.95 Å². The standard InChI is InChI=1S/C10H8F4N2O3/c11-8-7(19-9(17)10(12,13)14)1-5(4-16-8)18-6-2-15-3-6/h1,4,6,15H,2-3H2. The Kier molecular flexibility index (Phi) is 3.56. The number of rotatable bonds is 3. The van der Waals surface area contributed by atoms with Gasteiger partial charge in [-0.05, 0) is 0 Å². The Morgan fingerprint density at radius 2 is 2.11 bits per heavy atom. The summed E-state index contributed by atoms with van der Waals surface area (Å²) in [5.41, 5.74) is 0. The fourth-order valence-corrected chi connectivity index (χ4v) is 1.24. The lowest BCUT2D eigenvalue weighted by Crippen LogP contribution is -2.50. The Labute approximate surface area is 104 Å². The van der Waals surface area contributed by atoms with Gasteiger partial charge in [0.15, 0.2) is 5.75 Å². The van der Waals surface area contributed by atoms with Crippen LogP contribution in [-0.2, 0) is 4.79 Å². The van der Waals surface area contributed by atoms with Gasteiger partial charge in [0.05, 0.1) is 6.20 Å². The number of esters is 1. The molecule has 0 spiro atoms. The van der Waals surface area contributed by atoms with Gasteiger partial charge in [-0.15, -0.1) is 0 Å². The second kappa shape index (κ2) is 5.00. The minimum atomic E-state index is -5.21. The normalized spacial score (nSPS) is 15.8. The SMILES string of the molecule is O=C(Oc1cc(OC2CNC2)cnc1F)C(F)(F)F. The van der Waals surface area contributed by atoms with Crippen molar-refractivity contribution in [2.24, 2.45) is 0 Å². The molecule has 1 saturated heterocycles. The molecule has 0 saturated carbocycles. The molecule has 0 unspecified atom stereocenters. The summed E-state index contributed by atoms with van der Waals surface area (Å²) in [4.78, 5) is 13.8. The van der Waals surface area contributed by atoms with Crippen molar-refractivity contribution >= 4 is 5.97 Å². The maximum absolute atomic E-state index is 13.1. The van der Waals surface area contributed by atoms with Crippen molar-refractivity contribution < 1.29 is 31.8 Å². The highest BCUT2D eigenvalue weighted by molar-refractivity contribution is 5.78. The van der Waals surface area contributed by atoms with E-state index in [1.54, 1.807) is 0 Å². The van der Waals surface area contributed by atoms with Crippen molar-refractivity contribution in [2.45, 2.75) is 12.3 Å². The number of nitrogens with one attached hydrogen (secondary N) is 1. The lowest BCUT2D eigenvalue weighted by Gasteiger charge is -2.27. The maximum atomic E-state index is 13.1. The van der Waals surface area contributed by atoms with Crippen molar-refractivity contribution in [1.29, 1.82) is 0 Å². The van der Waals surface area contributed by atoms with E-state index in [0.717, 1.165) is 12.3 Å². The van der Waals surface area contributed by atoms with E-state index in [9.17, 15) is 22.4 Å². The predicted octanol–water partition coefficient (Wildman–Crippen LogP) is 1.04. The highest BCUT2D eigenvalue weighted by Crippen LogP contribution is 2.25. The first kappa shape index (κ1) is 13.5. The maximum Gasteiger partial charge on any atom is 0.491 e. The highest BCUT2D eigenvalue weighted by atomic mass is 19.4. The number of carbonyl (C=O) groups excluding carboxylic acids is 1. The molecular formula is C10H8F4N2O3. The summed E-state index contributed by atoms with van der Waals surface area (Å²) in [5, 5.41) is 2.91. The van der Waals surface area contributed by atoms with Crippen LogP contribution in [0.3, 0.4) is 0 Å². The minimum absolute atomic E-state index is 0.0258. The molecule has 1 aromatic rings. The summed E-state index contributed by atoms with van der Waals surface area (Å²) >= 11 is 0. The third-order valence-electron chi connectivity index (χ3n) is 2.26. The van der Waals surface area contributed by atoms with Crippen LogP contribution < -0.4 is 14.8 Å². The zero-order valence-corrected chi connectivity index (χ0v) is 9.33. The first-order valence-electron chi connectivity index (χ1n) is 5.18. The van der Waals surface area contributed by atoms with E-state index < -0.39 is 23.8 Å². The van der Waals surface area contributed by atoms with Crippen molar-refractivity contribution in [3.8, 4) is 11.5 Å². The highest BCUT2D eigenvalue weighted by Gasteiger charge is 2.42. The molecule has 0 atom stereocenters. The van der Waals surface area contributed by atoms with Crippen LogP contribution >= 0.6 is 0 Å². The second-order valence-electron chi connectivity index (χ2n) is 3.75. The Morgan fingerprint density at radius 3 is 2.63 bits per heavy atom. The zero-order valence-electron chi connectivity index (χ0n) is 9.33. The molecule has 19 heavy (non-hydrogen) atoms. The molecule has 5 nitrogen and oxygen atoms in total. The van der Waals surface area contributed by atoms with Crippen LogP contribution in [0.15, 0.2) is 12.3 Å². The Hall–Kier alpha value is -1.90. The van der Waals surface area contributed by atoms with Gasteiger partial charge in [0, 0.05) is 19.2 Å². The van der Waals surface area contributed by atoms with Gasteiger partial charge < -0.3 is 14.8 Å². The number of ether oxygens (including phenoxy) is 2. The lowest BCUT2D eigenvalue weighted by molar-refractivity contribution is -0.189. The second-order valence-corrected chi connectivity index (χ2v) is 3.75. The van der Waals surface area contributed by atoms with Crippen LogP contribution in [0.4, 0.5) is 17.6 Å². The Bertz CT molecular complexity index is 488. The van der Waals surface area contributed by atoms with Crippen LogP contribution in [0.1, 0.15) is 0 Å². The van der Waals surface area contributed by atoms with E-state index in [4.69, 9.17) is 4.74 Å². The average molecular weight is 280 g/mol. The van der Waals surface area contributed by atoms with Crippen molar-refractivity contribution in [2.75, 3.05) is 13.1 Å². The molecule has 2 rings (SSSR count). The molecule has 0 radical (unpaired) electrons. The number of carbonyl (C=O) groups is 1. The van der Waals surface area contributed by atoms with E-state index >= 15 is 0 Å². The summed E-state index contributed by atoms with van der Waals surface area (Å²) in [6.07, 6.45) is -4.38. The molecule has 0 amide bonds. The third kappa shape index (κ3) is 3.31. The predicted molar refractivity (Wildman–Crippen MR) is 53.2 cm³/mol. The fraction of sp³-hybridized carbons (Fsp3) is 0.400. The Balaban J connectivity index is 2.10. The molecular weight excluding hydrogens is 272 g/mol. The zero-order chi connectivity index (χ0) is 14.0. The fourth-order valence-electron chi connectivity index (χ4n) is 1.24. The van der Waals surface area contributed by atoms with E-state index in [2.05, 4.69) is 15.0 Å². The summed E-state index contributed by atoms with van der Waals surface area (Å²) in [7, 11) is 0. The van der Waals surface area contributed by atoms with Crippen molar-refractivity contribution in [3.05, 3.63) is 18.2 Å². The molecule has 0 bridgehead atoms. The van der Waals surface area contributed by atoms with Gasteiger partial charge in [0.1, 0.15) is 11.9 Å². The number of nitrogens with zero attached hydrogens (tertiary/aromatic N) is 1. The number of halogens is 4. The van der Waals surface area contributed by atoms with Crippen molar-refractivity contribution in [3.63, 3.8) is 0 Å².